The average Bonchev–Trinajstić information content (AvgIpc) is 2.47. The average molecular weight is 305 g/mol. The third kappa shape index (κ3) is 5.30. The molecule has 2 heterocycles. The number of piperidine rings is 1. The van der Waals surface area contributed by atoms with Crippen molar-refractivity contribution in [1.82, 2.24) is 15.2 Å². The van der Waals surface area contributed by atoms with Crippen LogP contribution in [0.1, 0.15) is 45.6 Å². The minimum Gasteiger partial charge on any atom is -0.444 e. The van der Waals surface area contributed by atoms with Crippen LogP contribution in [-0.4, -0.2) is 40.7 Å². The number of ether oxygens (including phenoxy) is 1. The van der Waals surface area contributed by atoms with Crippen molar-refractivity contribution in [2.75, 3.05) is 13.1 Å². The van der Waals surface area contributed by atoms with Gasteiger partial charge in [-0.05, 0) is 51.7 Å². The van der Waals surface area contributed by atoms with E-state index >= 15 is 0 Å². The number of carbonyl (C=O) groups is 1. The van der Waals surface area contributed by atoms with Crippen LogP contribution in [0.25, 0.3) is 0 Å². The second-order valence-corrected chi connectivity index (χ2v) is 6.82. The maximum Gasteiger partial charge on any atom is 0.410 e. The lowest BCUT2D eigenvalue weighted by Gasteiger charge is -2.37. The zero-order chi connectivity index (χ0) is 16.0. The Morgan fingerprint density at radius 2 is 2.27 bits per heavy atom. The van der Waals surface area contributed by atoms with Crippen molar-refractivity contribution in [2.24, 2.45) is 0 Å². The van der Waals surface area contributed by atoms with Gasteiger partial charge in [0.2, 0.25) is 0 Å². The molecule has 1 aliphatic rings. The normalized spacial score (nSPS) is 19.0. The largest absolute Gasteiger partial charge is 0.444 e. The first kappa shape index (κ1) is 16.7. The van der Waals surface area contributed by atoms with Gasteiger partial charge in [0, 0.05) is 38.1 Å². The fourth-order valence-corrected chi connectivity index (χ4v) is 2.66. The number of aromatic nitrogens is 1. The van der Waals surface area contributed by atoms with Gasteiger partial charge in [0.05, 0.1) is 0 Å². The third-order valence-electron chi connectivity index (χ3n) is 3.69. The Hall–Kier alpha value is -1.62. The molecular formula is C17H27N3O2. The molecule has 0 saturated carbocycles. The predicted molar refractivity (Wildman–Crippen MR) is 86.5 cm³/mol. The van der Waals surface area contributed by atoms with Crippen LogP contribution in [0.4, 0.5) is 4.79 Å². The van der Waals surface area contributed by atoms with Crippen LogP contribution in [-0.2, 0) is 11.3 Å². The lowest BCUT2D eigenvalue weighted by atomic mass is 10.0. The molecule has 0 bridgehead atoms. The van der Waals surface area contributed by atoms with Crippen LogP contribution in [0, 0.1) is 0 Å². The summed E-state index contributed by atoms with van der Waals surface area (Å²) in [5.74, 6) is 0. The standard InChI is InChI=1S/C17H27N3O2/c1-17(2,3)22-16(21)20-10-5-4-8-15(20)13-19-12-14-7-6-9-18-11-14/h6-7,9,11,15,19H,4-5,8,10,12-13H2,1-3H3/t15-/m0/s1. The first-order valence-corrected chi connectivity index (χ1v) is 8.05. The van der Waals surface area contributed by atoms with Gasteiger partial charge in [-0.1, -0.05) is 6.07 Å². The van der Waals surface area contributed by atoms with E-state index in [2.05, 4.69) is 10.3 Å². The van der Waals surface area contributed by atoms with Crippen molar-refractivity contribution in [3.8, 4) is 0 Å². The highest BCUT2D eigenvalue weighted by molar-refractivity contribution is 5.68. The number of likely N-dealkylation sites (tertiary alicyclic amines) is 1. The van der Waals surface area contributed by atoms with Gasteiger partial charge in [0.1, 0.15) is 5.60 Å². The Labute approximate surface area is 133 Å². The molecule has 1 fully saturated rings. The molecule has 5 heteroatoms. The maximum absolute atomic E-state index is 12.3. The number of hydrogen-bond acceptors (Lipinski definition) is 4. The Morgan fingerprint density at radius 1 is 1.45 bits per heavy atom. The van der Waals surface area contributed by atoms with Crippen molar-refractivity contribution in [3.63, 3.8) is 0 Å². The van der Waals surface area contributed by atoms with E-state index in [1.165, 1.54) is 6.42 Å². The number of hydrogen-bond donors (Lipinski definition) is 1. The van der Waals surface area contributed by atoms with Crippen molar-refractivity contribution in [1.29, 1.82) is 0 Å². The second-order valence-electron chi connectivity index (χ2n) is 6.82. The van der Waals surface area contributed by atoms with E-state index in [9.17, 15) is 4.79 Å². The fourth-order valence-electron chi connectivity index (χ4n) is 2.66. The molecule has 1 saturated heterocycles. The highest BCUT2D eigenvalue weighted by Gasteiger charge is 2.30. The van der Waals surface area contributed by atoms with E-state index in [0.717, 1.165) is 38.0 Å². The Balaban J connectivity index is 1.85. The van der Waals surface area contributed by atoms with Crippen molar-refractivity contribution in [2.45, 2.75) is 58.2 Å². The summed E-state index contributed by atoms with van der Waals surface area (Å²) in [5, 5.41) is 3.43. The Morgan fingerprint density at radius 3 is 2.95 bits per heavy atom. The molecule has 0 radical (unpaired) electrons. The molecule has 2 rings (SSSR count). The molecule has 22 heavy (non-hydrogen) atoms. The minimum atomic E-state index is -0.442. The van der Waals surface area contributed by atoms with Gasteiger partial charge in [-0.15, -0.1) is 0 Å². The zero-order valence-corrected chi connectivity index (χ0v) is 13.8. The number of amides is 1. The van der Waals surface area contributed by atoms with Crippen LogP contribution in [0.3, 0.4) is 0 Å². The quantitative estimate of drug-likeness (QED) is 0.929. The molecule has 1 N–H and O–H groups in total. The van der Waals surface area contributed by atoms with Crippen molar-refractivity contribution >= 4 is 6.09 Å². The van der Waals surface area contributed by atoms with Gasteiger partial charge in [-0.3, -0.25) is 4.98 Å². The maximum atomic E-state index is 12.3. The number of pyridine rings is 1. The highest BCUT2D eigenvalue weighted by atomic mass is 16.6. The summed E-state index contributed by atoms with van der Waals surface area (Å²) in [4.78, 5) is 18.3. The summed E-state index contributed by atoms with van der Waals surface area (Å²) in [6.45, 7) is 8.06. The Bertz CT molecular complexity index is 471. The molecule has 1 atom stereocenters. The molecule has 1 aromatic heterocycles. The van der Waals surface area contributed by atoms with Crippen LogP contribution >= 0.6 is 0 Å². The van der Waals surface area contributed by atoms with Gasteiger partial charge in [-0.2, -0.15) is 0 Å². The van der Waals surface area contributed by atoms with Gasteiger partial charge in [0.15, 0.2) is 0 Å². The topological polar surface area (TPSA) is 54.5 Å². The van der Waals surface area contributed by atoms with E-state index in [4.69, 9.17) is 4.74 Å². The summed E-state index contributed by atoms with van der Waals surface area (Å²) in [6.07, 6.45) is 6.69. The summed E-state index contributed by atoms with van der Waals surface area (Å²) < 4.78 is 5.52. The molecule has 122 valence electrons. The summed E-state index contributed by atoms with van der Waals surface area (Å²) in [5.41, 5.74) is 0.713. The number of rotatable bonds is 4. The Kier molecular flexibility index (Phi) is 5.77. The molecule has 1 amide bonds. The molecule has 0 aromatic carbocycles. The monoisotopic (exact) mass is 305 g/mol. The first-order chi connectivity index (χ1) is 10.5. The molecule has 0 unspecified atom stereocenters. The van der Waals surface area contributed by atoms with Crippen LogP contribution in [0.15, 0.2) is 24.5 Å². The lowest BCUT2D eigenvalue weighted by molar-refractivity contribution is 0.00993. The zero-order valence-electron chi connectivity index (χ0n) is 13.8. The number of carbonyl (C=O) groups excluding carboxylic acids is 1. The van der Waals surface area contributed by atoms with Gasteiger partial charge < -0.3 is 15.0 Å². The molecule has 0 spiro atoms. The minimum absolute atomic E-state index is 0.194. The van der Waals surface area contributed by atoms with Crippen LogP contribution < -0.4 is 5.32 Å². The number of nitrogens with one attached hydrogen (secondary N) is 1. The summed E-state index contributed by atoms with van der Waals surface area (Å²) in [7, 11) is 0. The molecule has 0 aliphatic carbocycles. The van der Waals surface area contributed by atoms with E-state index in [1.54, 1.807) is 6.20 Å². The molecule has 5 nitrogen and oxygen atoms in total. The van der Waals surface area contributed by atoms with E-state index in [0.29, 0.717) is 0 Å². The van der Waals surface area contributed by atoms with Crippen LogP contribution in [0.2, 0.25) is 0 Å². The third-order valence-corrected chi connectivity index (χ3v) is 3.69. The smallest absolute Gasteiger partial charge is 0.410 e. The van der Waals surface area contributed by atoms with Gasteiger partial charge in [0.25, 0.3) is 0 Å². The van der Waals surface area contributed by atoms with E-state index in [-0.39, 0.29) is 12.1 Å². The SMILES string of the molecule is CC(C)(C)OC(=O)N1CCCC[C@H]1CNCc1cccnc1. The summed E-state index contributed by atoms with van der Waals surface area (Å²) in [6, 6.07) is 4.19. The highest BCUT2D eigenvalue weighted by Crippen LogP contribution is 2.20. The second kappa shape index (κ2) is 7.58. The van der Waals surface area contributed by atoms with Crippen molar-refractivity contribution in [3.05, 3.63) is 30.1 Å². The predicted octanol–water partition coefficient (Wildman–Crippen LogP) is 2.96. The van der Waals surface area contributed by atoms with Crippen molar-refractivity contribution < 1.29 is 9.53 Å². The molecular weight excluding hydrogens is 278 g/mol. The summed E-state index contributed by atoms with van der Waals surface area (Å²) >= 11 is 0. The number of nitrogens with zero attached hydrogens (tertiary/aromatic N) is 2. The van der Waals surface area contributed by atoms with E-state index in [1.807, 2.05) is 44.0 Å². The van der Waals surface area contributed by atoms with Gasteiger partial charge >= 0.3 is 6.09 Å². The van der Waals surface area contributed by atoms with Crippen LogP contribution in [0.5, 0.6) is 0 Å². The van der Waals surface area contributed by atoms with E-state index < -0.39 is 5.60 Å². The molecule has 1 aliphatic heterocycles. The fraction of sp³-hybridized carbons (Fsp3) is 0.647. The van der Waals surface area contributed by atoms with Gasteiger partial charge in [-0.25, -0.2) is 4.79 Å². The first-order valence-electron chi connectivity index (χ1n) is 8.05. The molecule has 1 aromatic rings. The lowest BCUT2D eigenvalue weighted by Crippen LogP contribution is -2.50.